The van der Waals surface area contributed by atoms with Gasteiger partial charge in [-0.25, -0.2) is 0 Å². The van der Waals surface area contributed by atoms with Crippen LogP contribution in [0.25, 0.3) is 0 Å². The number of rotatable bonds is 2. The van der Waals surface area contributed by atoms with E-state index in [1.165, 1.54) is 6.42 Å². The zero-order valence-electron chi connectivity index (χ0n) is 11.3. The van der Waals surface area contributed by atoms with Crippen LogP contribution in [0.4, 0.5) is 0 Å². The molecular formula is C14H25NO3. The predicted molar refractivity (Wildman–Crippen MR) is 68.2 cm³/mol. The maximum Gasteiger partial charge on any atom is 0.168 e. The molecule has 1 spiro atoms. The third-order valence-electron chi connectivity index (χ3n) is 5.17. The number of ether oxygens (including phenoxy) is 2. The Hall–Kier alpha value is -0.160. The molecule has 3 aliphatic rings. The second-order valence-electron chi connectivity index (χ2n) is 6.36. The number of nitrogens with one attached hydrogen (secondary N) is 1. The third-order valence-corrected chi connectivity index (χ3v) is 5.17. The van der Waals surface area contributed by atoms with Gasteiger partial charge in [0, 0.05) is 31.0 Å². The van der Waals surface area contributed by atoms with Crippen LogP contribution in [0, 0.1) is 5.92 Å². The van der Waals surface area contributed by atoms with Gasteiger partial charge in [-0.05, 0) is 38.5 Å². The highest BCUT2D eigenvalue weighted by molar-refractivity contribution is 5.03. The molecule has 2 saturated heterocycles. The summed E-state index contributed by atoms with van der Waals surface area (Å²) in [6.07, 6.45) is 6.40. The summed E-state index contributed by atoms with van der Waals surface area (Å²) in [5.41, 5.74) is 0.207. The molecule has 2 heterocycles. The number of piperidine rings is 1. The van der Waals surface area contributed by atoms with Gasteiger partial charge in [-0.1, -0.05) is 0 Å². The molecule has 2 aliphatic heterocycles. The van der Waals surface area contributed by atoms with E-state index in [9.17, 15) is 0 Å². The van der Waals surface area contributed by atoms with Gasteiger partial charge in [0.2, 0.25) is 0 Å². The zero-order valence-corrected chi connectivity index (χ0v) is 11.3. The summed E-state index contributed by atoms with van der Waals surface area (Å²) in [5, 5.41) is 12.9. The summed E-state index contributed by atoms with van der Waals surface area (Å²) >= 11 is 0. The Kier molecular flexibility index (Phi) is 3.39. The standard InChI is InChI=1S/C14H25NO3/c1-13-5-6-14(17-8-9-18-14)10-11(13)2-3-12(15-13)4-7-16/h11-12,15-16H,2-10H2,1H3/t11-,12+,13-/m0/s1. The van der Waals surface area contributed by atoms with Crippen molar-refractivity contribution in [3.8, 4) is 0 Å². The summed E-state index contributed by atoms with van der Waals surface area (Å²) in [5.74, 6) is 0.370. The van der Waals surface area contributed by atoms with E-state index in [-0.39, 0.29) is 17.9 Å². The Bertz CT molecular complexity index is 303. The lowest BCUT2D eigenvalue weighted by Crippen LogP contribution is -2.61. The fraction of sp³-hybridized carbons (Fsp3) is 1.00. The first-order valence-corrected chi connectivity index (χ1v) is 7.32. The molecule has 104 valence electrons. The van der Waals surface area contributed by atoms with E-state index in [1.807, 2.05) is 0 Å². The van der Waals surface area contributed by atoms with Gasteiger partial charge in [-0.2, -0.15) is 0 Å². The Morgan fingerprint density at radius 2 is 2.00 bits per heavy atom. The van der Waals surface area contributed by atoms with Crippen LogP contribution in [0.3, 0.4) is 0 Å². The highest BCUT2D eigenvalue weighted by Crippen LogP contribution is 2.47. The van der Waals surface area contributed by atoms with Gasteiger partial charge in [0.25, 0.3) is 0 Å². The van der Waals surface area contributed by atoms with Crippen LogP contribution in [0.5, 0.6) is 0 Å². The van der Waals surface area contributed by atoms with E-state index in [2.05, 4.69) is 12.2 Å². The summed E-state index contributed by atoms with van der Waals surface area (Å²) in [7, 11) is 0. The molecule has 0 bridgehead atoms. The van der Waals surface area contributed by atoms with Crippen molar-refractivity contribution in [1.29, 1.82) is 0 Å². The average Bonchev–Trinajstić information content (AvgIpc) is 2.80. The van der Waals surface area contributed by atoms with E-state index >= 15 is 0 Å². The van der Waals surface area contributed by atoms with E-state index in [0.29, 0.717) is 12.0 Å². The molecule has 3 rings (SSSR count). The fourth-order valence-corrected chi connectivity index (χ4v) is 4.04. The maximum atomic E-state index is 9.09. The molecular weight excluding hydrogens is 230 g/mol. The van der Waals surface area contributed by atoms with Crippen LogP contribution in [0.1, 0.15) is 45.4 Å². The molecule has 0 amide bonds. The lowest BCUT2D eigenvalue weighted by molar-refractivity contribution is -0.203. The molecule has 3 atom stereocenters. The summed E-state index contributed by atoms with van der Waals surface area (Å²) in [6, 6.07) is 0.482. The molecule has 0 aromatic carbocycles. The van der Waals surface area contributed by atoms with Gasteiger partial charge in [0.15, 0.2) is 5.79 Å². The first-order valence-electron chi connectivity index (χ1n) is 7.32. The number of hydrogen-bond acceptors (Lipinski definition) is 4. The number of fused-ring (bicyclic) bond motifs is 1. The van der Waals surface area contributed by atoms with Crippen LogP contribution >= 0.6 is 0 Å². The van der Waals surface area contributed by atoms with Gasteiger partial charge in [0.05, 0.1) is 13.2 Å². The fourth-order valence-electron chi connectivity index (χ4n) is 4.04. The molecule has 0 aromatic rings. The number of hydrogen-bond donors (Lipinski definition) is 2. The van der Waals surface area contributed by atoms with E-state index in [1.54, 1.807) is 0 Å². The van der Waals surface area contributed by atoms with Crippen LogP contribution in [-0.4, -0.2) is 42.3 Å². The molecule has 18 heavy (non-hydrogen) atoms. The molecule has 1 aliphatic carbocycles. The first-order chi connectivity index (χ1) is 8.66. The maximum absolute atomic E-state index is 9.09. The normalized spacial score (nSPS) is 43.0. The largest absolute Gasteiger partial charge is 0.396 e. The molecule has 0 unspecified atom stereocenters. The minimum Gasteiger partial charge on any atom is -0.396 e. The Morgan fingerprint density at radius 3 is 2.72 bits per heavy atom. The highest BCUT2D eigenvalue weighted by atomic mass is 16.7. The monoisotopic (exact) mass is 255 g/mol. The van der Waals surface area contributed by atoms with Crippen LogP contribution in [-0.2, 0) is 9.47 Å². The van der Waals surface area contributed by atoms with Gasteiger partial charge in [0.1, 0.15) is 0 Å². The van der Waals surface area contributed by atoms with Gasteiger partial charge in [-0.3, -0.25) is 0 Å². The molecule has 1 saturated carbocycles. The first kappa shape index (κ1) is 12.9. The van der Waals surface area contributed by atoms with Crippen molar-refractivity contribution < 1.29 is 14.6 Å². The summed E-state index contributed by atoms with van der Waals surface area (Å²) in [6.45, 7) is 4.13. The van der Waals surface area contributed by atoms with Gasteiger partial charge < -0.3 is 19.9 Å². The summed E-state index contributed by atoms with van der Waals surface area (Å²) in [4.78, 5) is 0. The predicted octanol–water partition coefficient (Wildman–Crippen LogP) is 1.42. The molecule has 4 heteroatoms. The summed E-state index contributed by atoms with van der Waals surface area (Å²) < 4.78 is 11.7. The van der Waals surface area contributed by atoms with Crippen molar-refractivity contribution in [3.05, 3.63) is 0 Å². The van der Waals surface area contributed by atoms with Crippen molar-refractivity contribution in [2.24, 2.45) is 5.92 Å². The second kappa shape index (κ2) is 4.75. The van der Waals surface area contributed by atoms with Crippen LogP contribution in [0.15, 0.2) is 0 Å². The quantitative estimate of drug-likeness (QED) is 0.783. The zero-order chi connectivity index (χ0) is 12.6. The van der Waals surface area contributed by atoms with E-state index in [4.69, 9.17) is 14.6 Å². The molecule has 4 nitrogen and oxygen atoms in total. The third kappa shape index (κ3) is 2.20. The molecule has 2 N–H and O–H groups in total. The van der Waals surface area contributed by atoms with E-state index in [0.717, 1.165) is 45.3 Å². The van der Waals surface area contributed by atoms with Crippen molar-refractivity contribution >= 4 is 0 Å². The lowest BCUT2D eigenvalue weighted by Gasteiger charge is -2.52. The van der Waals surface area contributed by atoms with E-state index < -0.39 is 0 Å². The minimum atomic E-state index is -0.268. The lowest BCUT2D eigenvalue weighted by atomic mass is 9.66. The van der Waals surface area contributed by atoms with Gasteiger partial charge in [-0.15, -0.1) is 0 Å². The smallest absolute Gasteiger partial charge is 0.168 e. The second-order valence-corrected chi connectivity index (χ2v) is 6.36. The van der Waals surface area contributed by atoms with Crippen molar-refractivity contribution in [2.75, 3.05) is 19.8 Å². The van der Waals surface area contributed by atoms with Crippen molar-refractivity contribution in [3.63, 3.8) is 0 Å². The Balaban J connectivity index is 1.67. The Morgan fingerprint density at radius 1 is 1.22 bits per heavy atom. The molecule has 0 radical (unpaired) electrons. The topological polar surface area (TPSA) is 50.7 Å². The number of aliphatic hydroxyl groups excluding tert-OH is 1. The minimum absolute atomic E-state index is 0.207. The van der Waals surface area contributed by atoms with Crippen LogP contribution in [0.2, 0.25) is 0 Å². The SMILES string of the molecule is C[C@]12CCC3(C[C@@H]1CC[C@H](CCO)N2)OCCO3. The van der Waals surface area contributed by atoms with Gasteiger partial charge >= 0.3 is 0 Å². The van der Waals surface area contributed by atoms with Crippen LogP contribution < -0.4 is 5.32 Å². The van der Waals surface area contributed by atoms with Crippen molar-refractivity contribution in [2.45, 2.75) is 62.8 Å². The highest BCUT2D eigenvalue weighted by Gasteiger charge is 2.51. The molecule has 0 aromatic heterocycles. The molecule has 3 fully saturated rings. The number of aliphatic hydroxyl groups is 1. The Labute approximate surface area is 109 Å². The van der Waals surface area contributed by atoms with Crippen molar-refractivity contribution in [1.82, 2.24) is 5.32 Å². The average molecular weight is 255 g/mol.